The first kappa shape index (κ1) is 31.4. The molecule has 0 radical (unpaired) electrons. The zero-order chi connectivity index (χ0) is 30.4. The molecule has 3 heteroatoms. The van der Waals surface area contributed by atoms with E-state index >= 15 is 0 Å². The zero-order valence-electron chi connectivity index (χ0n) is 27.2. The number of carbonyl (C=O) groups excluding carboxylic acids is 1. The van der Waals surface area contributed by atoms with Crippen molar-refractivity contribution in [3.63, 3.8) is 0 Å². The van der Waals surface area contributed by atoms with E-state index in [1.165, 1.54) is 61.4 Å². The number of esters is 1. The Morgan fingerprint density at radius 1 is 0.930 bits per heavy atom. The van der Waals surface area contributed by atoms with Gasteiger partial charge in [0.1, 0.15) is 6.10 Å². The van der Waals surface area contributed by atoms with Crippen molar-refractivity contribution in [2.45, 2.75) is 111 Å². The average Bonchev–Trinajstić information content (AvgIpc) is 3.35. The van der Waals surface area contributed by atoms with Gasteiger partial charge in [-0.25, -0.2) is 4.79 Å². The molecule has 2 aromatic rings. The van der Waals surface area contributed by atoms with Gasteiger partial charge in [0.15, 0.2) is 0 Å². The fourth-order valence-corrected chi connectivity index (χ4v) is 10.7. The van der Waals surface area contributed by atoms with E-state index < -0.39 is 0 Å². The van der Waals surface area contributed by atoms with Crippen molar-refractivity contribution in [1.82, 2.24) is 0 Å². The first-order chi connectivity index (χ1) is 20.6. The molecule has 0 spiro atoms. The van der Waals surface area contributed by atoms with Gasteiger partial charge in [-0.2, -0.15) is 0 Å². The average molecular weight is 693 g/mol. The second kappa shape index (κ2) is 12.6. The molecule has 0 aliphatic heterocycles. The molecule has 3 saturated carbocycles. The van der Waals surface area contributed by atoms with Crippen molar-refractivity contribution in [3.05, 3.63) is 69.3 Å². The topological polar surface area (TPSA) is 26.3 Å². The fourth-order valence-electron chi connectivity index (χ4n) is 10.4. The van der Waals surface area contributed by atoms with Crippen LogP contribution in [-0.4, -0.2) is 12.1 Å². The van der Waals surface area contributed by atoms with Gasteiger partial charge in [-0.05, 0) is 162 Å². The predicted octanol–water partition coefficient (Wildman–Crippen LogP) is 11.5. The molecule has 0 amide bonds. The van der Waals surface area contributed by atoms with Crippen molar-refractivity contribution in [1.29, 1.82) is 0 Å². The highest BCUT2D eigenvalue weighted by Gasteiger charge is 2.59. The van der Waals surface area contributed by atoms with Gasteiger partial charge in [-0.15, -0.1) is 0 Å². The van der Waals surface area contributed by atoms with E-state index in [2.05, 4.69) is 93.6 Å². The lowest BCUT2D eigenvalue weighted by Gasteiger charge is -2.61. The SMILES string of the molecule is CC(C)CCC[C@@H](C)C1=CC[C@H]2[C@@H]3CC[C@H]4C[C@H](OC(=O)c5cccc(-c6ccc(I)cc6)c5)CC[C@]4(C)[C@H]3CC[C@]12C. The highest BCUT2D eigenvalue weighted by atomic mass is 127. The van der Waals surface area contributed by atoms with E-state index in [0.29, 0.717) is 22.3 Å². The van der Waals surface area contributed by atoms with Gasteiger partial charge >= 0.3 is 5.97 Å². The van der Waals surface area contributed by atoms with Crippen LogP contribution in [0.15, 0.2) is 60.2 Å². The number of halogens is 1. The Balaban J connectivity index is 1.08. The van der Waals surface area contributed by atoms with Crippen molar-refractivity contribution in [2.24, 2.45) is 46.3 Å². The van der Waals surface area contributed by atoms with Gasteiger partial charge < -0.3 is 4.74 Å². The molecule has 0 unspecified atom stereocenters. The third-order valence-corrected chi connectivity index (χ3v) is 13.5. The molecule has 2 nitrogen and oxygen atoms in total. The Labute approximate surface area is 275 Å². The van der Waals surface area contributed by atoms with Crippen LogP contribution in [0.2, 0.25) is 0 Å². The van der Waals surface area contributed by atoms with Gasteiger partial charge in [0.2, 0.25) is 0 Å². The van der Waals surface area contributed by atoms with Gasteiger partial charge in [-0.1, -0.05) is 83.4 Å². The Morgan fingerprint density at radius 3 is 2.49 bits per heavy atom. The van der Waals surface area contributed by atoms with Crippen molar-refractivity contribution >= 4 is 28.6 Å². The lowest BCUT2D eigenvalue weighted by atomic mass is 9.44. The Morgan fingerprint density at radius 2 is 1.72 bits per heavy atom. The van der Waals surface area contributed by atoms with E-state index in [4.69, 9.17) is 4.74 Å². The molecule has 0 aromatic heterocycles. The monoisotopic (exact) mass is 692 g/mol. The number of rotatable bonds is 8. The summed E-state index contributed by atoms with van der Waals surface area (Å²) in [4.78, 5) is 13.3. The molecule has 4 aliphatic rings. The zero-order valence-corrected chi connectivity index (χ0v) is 29.4. The summed E-state index contributed by atoms with van der Waals surface area (Å²) in [6.45, 7) is 12.5. The standard InChI is InChI=1S/C40H53IO2/c1-26(2)8-6-9-27(3)35-18-19-36-34-17-14-31-25-33(20-22-39(31,4)37(34)21-23-40(35,36)5)43-38(42)30-11-7-10-29(24-30)28-12-15-32(41)16-13-28/h7,10-13,15-16,18,24,26-27,31,33-34,36-37H,6,8-9,14,17,19-23,25H2,1-5H3/t27-,31+,33-,34+,36+,37+,39+,40-/m1/s1. The van der Waals surface area contributed by atoms with Crippen LogP contribution in [0.4, 0.5) is 0 Å². The molecule has 43 heavy (non-hydrogen) atoms. The summed E-state index contributed by atoms with van der Waals surface area (Å²) in [7, 11) is 0. The Hall–Kier alpha value is -1.62. The van der Waals surface area contributed by atoms with Gasteiger partial charge in [0.25, 0.3) is 0 Å². The molecule has 0 bridgehead atoms. The summed E-state index contributed by atoms with van der Waals surface area (Å²) in [6.07, 6.45) is 16.8. The van der Waals surface area contributed by atoms with Crippen LogP contribution in [0.3, 0.4) is 0 Å². The molecule has 232 valence electrons. The van der Waals surface area contributed by atoms with E-state index in [9.17, 15) is 4.79 Å². The molecular formula is C40H53IO2. The van der Waals surface area contributed by atoms with Gasteiger partial charge in [0, 0.05) is 3.57 Å². The largest absolute Gasteiger partial charge is 0.459 e. The molecular weight excluding hydrogens is 639 g/mol. The van der Waals surface area contributed by atoms with Gasteiger partial charge in [-0.3, -0.25) is 0 Å². The van der Waals surface area contributed by atoms with Gasteiger partial charge in [0.05, 0.1) is 5.56 Å². The number of ether oxygens (including phenoxy) is 1. The quantitative estimate of drug-likeness (QED) is 0.156. The maximum absolute atomic E-state index is 13.3. The van der Waals surface area contributed by atoms with Crippen LogP contribution in [0.25, 0.3) is 11.1 Å². The number of hydrogen-bond acceptors (Lipinski definition) is 2. The lowest BCUT2D eigenvalue weighted by molar-refractivity contribution is -0.120. The second-order valence-corrected chi connectivity index (χ2v) is 16.9. The number of hydrogen-bond donors (Lipinski definition) is 0. The van der Waals surface area contributed by atoms with Crippen LogP contribution in [-0.2, 0) is 4.74 Å². The minimum atomic E-state index is -0.157. The third-order valence-electron chi connectivity index (χ3n) is 12.8. The highest BCUT2D eigenvalue weighted by Crippen LogP contribution is 2.67. The summed E-state index contributed by atoms with van der Waals surface area (Å²) in [5, 5.41) is 0. The van der Waals surface area contributed by atoms with E-state index in [1.807, 2.05) is 23.8 Å². The summed E-state index contributed by atoms with van der Waals surface area (Å²) in [5.74, 6) is 4.59. The Kier molecular flexibility index (Phi) is 9.22. The molecule has 0 saturated heterocycles. The highest BCUT2D eigenvalue weighted by molar-refractivity contribution is 14.1. The smallest absolute Gasteiger partial charge is 0.338 e. The molecule has 6 rings (SSSR count). The van der Waals surface area contributed by atoms with Crippen LogP contribution >= 0.6 is 22.6 Å². The van der Waals surface area contributed by atoms with Crippen molar-refractivity contribution in [3.8, 4) is 11.1 Å². The lowest BCUT2D eigenvalue weighted by Crippen LogP contribution is -2.54. The first-order valence-corrected chi connectivity index (χ1v) is 18.4. The number of benzene rings is 2. The van der Waals surface area contributed by atoms with E-state index in [0.717, 1.165) is 53.6 Å². The molecule has 8 atom stereocenters. The third kappa shape index (κ3) is 6.15. The summed E-state index contributed by atoms with van der Waals surface area (Å²) in [5.41, 5.74) is 5.49. The minimum absolute atomic E-state index is 0.0457. The Bertz CT molecular complexity index is 1330. The normalized spacial score (nSPS) is 34.1. The van der Waals surface area contributed by atoms with Crippen molar-refractivity contribution in [2.75, 3.05) is 0 Å². The van der Waals surface area contributed by atoms with E-state index in [-0.39, 0.29) is 12.1 Å². The fraction of sp³-hybridized carbons (Fsp3) is 0.625. The molecule has 0 heterocycles. The molecule has 3 fully saturated rings. The number of carbonyl (C=O) groups is 1. The minimum Gasteiger partial charge on any atom is -0.459 e. The maximum atomic E-state index is 13.3. The van der Waals surface area contributed by atoms with Crippen LogP contribution in [0, 0.1) is 49.9 Å². The predicted molar refractivity (Wildman–Crippen MR) is 187 cm³/mol. The number of allylic oxidation sites excluding steroid dienone is 2. The van der Waals surface area contributed by atoms with Crippen LogP contribution < -0.4 is 0 Å². The van der Waals surface area contributed by atoms with Crippen LogP contribution in [0.5, 0.6) is 0 Å². The van der Waals surface area contributed by atoms with Crippen LogP contribution in [0.1, 0.15) is 116 Å². The molecule has 4 aliphatic carbocycles. The second-order valence-electron chi connectivity index (χ2n) is 15.6. The summed E-state index contributed by atoms with van der Waals surface area (Å²) >= 11 is 2.33. The number of fused-ring (bicyclic) bond motifs is 5. The molecule has 0 N–H and O–H groups in total. The maximum Gasteiger partial charge on any atom is 0.338 e. The first-order valence-electron chi connectivity index (χ1n) is 17.4. The summed E-state index contributed by atoms with van der Waals surface area (Å²) < 4.78 is 7.45. The summed E-state index contributed by atoms with van der Waals surface area (Å²) in [6, 6.07) is 16.4. The molecule has 2 aromatic carbocycles. The van der Waals surface area contributed by atoms with E-state index in [1.54, 1.807) is 0 Å². The van der Waals surface area contributed by atoms with Crippen molar-refractivity contribution < 1.29 is 9.53 Å².